The Labute approximate surface area is 144 Å². The first-order chi connectivity index (χ1) is 11.5. The number of thiophene rings is 1. The average molecular weight is 342 g/mol. The van der Waals surface area contributed by atoms with Crippen LogP contribution in [-0.2, 0) is 16.0 Å². The maximum Gasteiger partial charge on any atom is 0.348 e. The number of carbonyl (C=O) groups is 2. The van der Waals surface area contributed by atoms with E-state index >= 15 is 0 Å². The Morgan fingerprint density at radius 2 is 2.08 bits per heavy atom. The number of nitrogens with one attached hydrogen (secondary N) is 1. The maximum absolute atomic E-state index is 12.2. The molecule has 2 rings (SSSR count). The first kappa shape index (κ1) is 17.7. The van der Waals surface area contributed by atoms with Crippen molar-refractivity contribution in [2.75, 3.05) is 11.9 Å². The molecule has 0 saturated heterocycles. The monoisotopic (exact) mass is 342 g/mol. The van der Waals surface area contributed by atoms with E-state index in [0.717, 1.165) is 22.5 Å². The van der Waals surface area contributed by atoms with E-state index in [1.54, 1.807) is 13.8 Å². The number of nitrogens with zero attached hydrogens (tertiary/aromatic N) is 1. The molecule has 0 radical (unpaired) electrons. The molecule has 1 aromatic carbocycles. The lowest BCUT2D eigenvalue weighted by Gasteiger charge is -2.04. The van der Waals surface area contributed by atoms with Gasteiger partial charge in [0.1, 0.15) is 15.9 Å². The minimum atomic E-state index is -0.476. The highest BCUT2D eigenvalue weighted by molar-refractivity contribution is 7.18. The number of nitriles is 1. The fourth-order valence-electron chi connectivity index (χ4n) is 2.31. The third-order valence-corrected chi connectivity index (χ3v) is 4.61. The number of hydrogen-bond donors (Lipinski definition) is 1. The standard InChI is InChI=1S/C18H18N2O3S/c1-4-23-18(22)16-12(3)14(10-19)17(24-16)20-15(21)9-13-7-5-6-11(2)8-13/h5-8H,4,9H2,1-3H3,(H,20,21). The molecule has 1 N–H and O–H groups in total. The molecule has 6 heteroatoms. The predicted molar refractivity (Wildman–Crippen MR) is 93.2 cm³/mol. The van der Waals surface area contributed by atoms with Gasteiger partial charge in [0, 0.05) is 0 Å². The lowest BCUT2D eigenvalue weighted by atomic mass is 10.1. The van der Waals surface area contributed by atoms with Gasteiger partial charge in [0.25, 0.3) is 0 Å². The van der Waals surface area contributed by atoms with Crippen LogP contribution in [0.4, 0.5) is 5.00 Å². The number of rotatable bonds is 5. The van der Waals surface area contributed by atoms with Gasteiger partial charge in [0.15, 0.2) is 0 Å². The van der Waals surface area contributed by atoms with E-state index in [2.05, 4.69) is 5.32 Å². The number of carbonyl (C=O) groups excluding carboxylic acids is 2. The van der Waals surface area contributed by atoms with Gasteiger partial charge in [0.2, 0.25) is 5.91 Å². The van der Waals surface area contributed by atoms with E-state index in [9.17, 15) is 14.9 Å². The third-order valence-electron chi connectivity index (χ3n) is 3.42. The van der Waals surface area contributed by atoms with Crippen molar-refractivity contribution in [3.63, 3.8) is 0 Å². The number of benzene rings is 1. The first-order valence-electron chi connectivity index (χ1n) is 7.52. The molecule has 0 aliphatic heterocycles. The Morgan fingerprint density at radius 1 is 1.33 bits per heavy atom. The van der Waals surface area contributed by atoms with Gasteiger partial charge >= 0.3 is 5.97 Å². The largest absolute Gasteiger partial charge is 0.462 e. The molecule has 0 atom stereocenters. The summed E-state index contributed by atoms with van der Waals surface area (Å²) in [6, 6.07) is 9.72. The predicted octanol–water partition coefficient (Wildman–Crippen LogP) is 3.59. The van der Waals surface area contributed by atoms with Crippen molar-refractivity contribution in [1.29, 1.82) is 5.26 Å². The van der Waals surface area contributed by atoms with E-state index < -0.39 is 5.97 Å². The van der Waals surface area contributed by atoms with E-state index in [4.69, 9.17) is 4.74 Å². The molecule has 1 heterocycles. The molecule has 0 bridgehead atoms. The van der Waals surface area contributed by atoms with Gasteiger partial charge in [-0.3, -0.25) is 4.79 Å². The van der Waals surface area contributed by atoms with Crippen LogP contribution < -0.4 is 5.32 Å². The van der Waals surface area contributed by atoms with Crippen LogP contribution in [0, 0.1) is 25.2 Å². The topological polar surface area (TPSA) is 79.2 Å². The van der Waals surface area contributed by atoms with Crippen molar-refractivity contribution in [1.82, 2.24) is 0 Å². The van der Waals surface area contributed by atoms with E-state index in [1.165, 1.54) is 0 Å². The second-order valence-electron chi connectivity index (χ2n) is 5.31. The lowest BCUT2D eigenvalue weighted by Crippen LogP contribution is -2.14. The van der Waals surface area contributed by atoms with Gasteiger partial charge in [-0.05, 0) is 31.9 Å². The molecule has 0 aliphatic carbocycles. The van der Waals surface area contributed by atoms with Crippen molar-refractivity contribution in [2.45, 2.75) is 27.2 Å². The lowest BCUT2D eigenvalue weighted by molar-refractivity contribution is -0.115. The number of aryl methyl sites for hydroxylation is 1. The average Bonchev–Trinajstić information content (AvgIpc) is 2.83. The van der Waals surface area contributed by atoms with Crippen molar-refractivity contribution in [3.05, 3.63) is 51.4 Å². The van der Waals surface area contributed by atoms with Crippen LogP contribution in [0.15, 0.2) is 24.3 Å². The normalized spacial score (nSPS) is 10.1. The molecule has 0 unspecified atom stereocenters. The van der Waals surface area contributed by atoms with Crippen molar-refractivity contribution < 1.29 is 14.3 Å². The van der Waals surface area contributed by atoms with Gasteiger partial charge in [-0.1, -0.05) is 29.8 Å². The fourth-order valence-corrected chi connectivity index (χ4v) is 3.37. The number of amides is 1. The van der Waals surface area contributed by atoms with Gasteiger partial charge in [-0.15, -0.1) is 11.3 Å². The summed E-state index contributed by atoms with van der Waals surface area (Å²) in [5, 5.41) is 12.4. The number of anilines is 1. The maximum atomic E-state index is 12.2. The minimum absolute atomic E-state index is 0.207. The molecule has 24 heavy (non-hydrogen) atoms. The summed E-state index contributed by atoms with van der Waals surface area (Å²) in [5.74, 6) is -0.704. The number of hydrogen-bond acceptors (Lipinski definition) is 5. The van der Waals surface area contributed by atoms with E-state index in [1.807, 2.05) is 37.3 Å². The number of ether oxygens (including phenoxy) is 1. The summed E-state index contributed by atoms with van der Waals surface area (Å²) < 4.78 is 4.98. The molecular formula is C18H18N2O3S. The Kier molecular flexibility index (Phi) is 5.72. The molecule has 1 amide bonds. The molecule has 1 aromatic heterocycles. The molecule has 5 nitrogen and oxygen atoms in total. The summed E-state index contributed by atoms with van der Waals surface area (Å²) in [6.07, 6.45) is 0.207. The smallest absolute Gasteiger partial charge is 0.348 e. The first-order valence-corrected chi connectivity index (χ1v) is 8.33. The highest BCUT2D eigenvalue weighted by Crippen LogP contribution is 2.33. The summed E-state index contributed by atoms with van der Waals surface area (Å²) in [4.78, 5) is 24.5. The summed E-state index contributed by atoms with van der Waals surface area (Å²) in [5.41, 5.74) is 2.81. The molecule has 0 spiro atoms. The van der Waals surface area contributed by atoms with Crippen molar-refractivity contribution in [3.8, 4) is 6.07 Å². The molecule has 0 saturated carbocycles. The summed E-state index contributed by atoms with van der Waals surface area (Å²) in [6.45, 7) is 5.62. The Bertz CT molecular complexity index is 818. The quantitative estimate of drug-likeness (QED) is 0.842. The SMILES string of the molecule is CCOC(=O)c1sc(NC(=O)Cc2cccc(C)c2)c(C#N)c1C. The summed E-state index contributed by atoms with van der Waals surface area (Å²) >= 11 is 1.07. The Morgan fingerprint density at radius 3 is 2.71 bits per heavy atom. The van der Waals surface area contributed by atoms with Gasteiger partial charge < -0.3 is 10.1 Å². The van der Waals surface area contributed by atoms with Crippen LogP contribution >= 0.6 is 11.3 Å². The molecule has 124 valence electrons. The highest BCUT2D eigenvalue weighted by Gasteiger charge is 2.22. The fraction of sp³-hybridized carbons (Fsp3) is 0.278. The van der Waals surface area contributed by atoms with Gasteiger partial charge in [-0.2, -0.15) is 5.26 Å². The zero-order chi connectivity index (χ0) is 17.7. The second-order valence-corrected chi connectivity index (χ2v) is 6.33. The van der Waals surface area contributed by atoms with Crippen LogP contribution in [0.25, 0.3) is 0 Å². The van der Waals surface area contributed by atoms with Crippen LogP contribution in [0.2, 0.25) is 0 Å². The zero-order valence-electron chi connectivity index (χ0n) is 13.8. The molecular weight excluding hydrogens is 324 g/mol. The van der Waals surface area contributed by atoms with Crippen LogP contribution in [0.5, 0.6) is 0 Å². The van der Waals surface area contributed by atoms with E-state index in [-0.39, 0.29) is 18.9 Å². The summed E-state index contributed by atoms with van der Waals surface area (Å²) in [7, 11) is 0. The molecule has 0 aliphatic rings. The van der Waals surface area contributed by atoms with E-state index in [0.29, 0.717) is 21.0 Å². The van der Waals surface area contributed by atoms with Crippen LogP contribution in [0.3, 0.4) is 0 Å². The van der Waals surface area contributed by atoms with Crippen LogP contribution in [-0.4, -0.2) is 18.5 Å². The molecule has 0 fully saturated rings. The van der Waals surface area contributed by atoms with Crippen molar-refractivity contribution >= 4 is 28.2 Å². The Hall–Kier alpha value is -2.65. The number of esters is 1. The van der Waals surface area contributed by atoms with Crippen LogP contribution in [0.1, 0.15) is 38.8 Å². The second kappa shape index (κ2) is 7.75. The zero-order valence-corrected chi connectivity index (χ0v) is 14.6. The third kappa shape index (κ3) is 4.00. The Balaban J connectivity index is 2.20. The van der Waals surface area contributed by atoms with Gasteiger partial charge in [0.05, 0.1) is 18.6 Å². The van der Waals surface area contributed by atoms with Crippen molar-refractivity contribution in [2.24, 2.45) is 0 Å². The molecule has 2 aromatic rings. The highest BCUT2D eigenvalue weighted by atomic mass is 32.1. The minimum Gasteiger partial charge on any atom is -0.462 e. The van der Waals surface area contributed by atoms with Gasteiger partial charge in [-0.25, -0.2) is 4.79 Å².